The van der Waals surface area contributed by atoms with Crippen LogP contribution in [0, 0.1) is 6.92 Å². The smallest absolute Gasteiger partial charge is 0.338 e. The number of thiocarbonyl (C=S) groups is 1. The summed E-state index contributed by atoms with van der Waals surface area (Å²) in [5.74, 6) is -0.341. The molecule has 4 rings (SSSR count). The van der Waals surface area contributed by atoms with Crippen LogP contribution >= 0.6 is 23.6 Å². The van der Waals surface area contributed by atoms with Gasteiger partial charge in [-0.05, 0) is 98.0 Å². The van der Waals surface area contributed by atoms with Gasteiger partial charge in [0.1, 0.15) is 11.8 Å². The Balaban J connectivity index is 1.51. The van der Waals surface area contributed by atoms with Gasteiger partial charge in [0.2, 0.25) is 5.91 Å². The second-order valence-corrected chi connectivity index (χ2v) is 10.1. The van der Waals surface area contributed by atoms with E-state index in [-0.39, 0.29) is 24.8 Å². The molecular formula is C28H29N3O5S2. The summed E-state index contributed by atoms with van der Waals surface area (Å²) in [7, 11) is 1.58. The van der Waals surface area contributed by atoms with Gasteiger partial charge in [-0.15, -0.1) is 11.3 Å². The summed E-state index contributed by atoms with van der Waals surface area (Å²) < 4.78 is 10.2. The van der Waals surface area contributed by atoms with Gasteiger partial charge in [-0.2, -0.15) is 0 Å². The van der Waals surface area contributed by atoms with E-state index in [9.17, 15) is 14.4 Å². The third-order valence-electron chi connectivity index (χ3n) is 6.26. The first-order chi connectivity index (χ1) is 18.3. The lowest BCUT2D eigenvalue weighted by atomic mass is 10.1. The zero-order valence-electron chi connectivity index (χ0n) is 21.4. The first-order valence-electron chi connectivity index (χ1n) is 12.2. The van der Waals surface area contributed by atoms with Crippen LogP contribution in [0.25, 0.3) is 0 Å². The molecule has 1 fully saturated rings. The van der Waals surface area contributed by atoms with Crippen LogP contribution in [0.15, 0.2) is 60.0 Å². The Kier molecular flexibility index (Phi) is 8.75. The van der Waals surface area contributed by atoms with Crippen LogP contribution in [0.2, 0.25) is 0 Å². The second-order valence-electron chi connectivity index (χ2n) is 8.69. The number of hydrogen-bond acceptors (Lipinski definition) is 7. The van der Waals surface area contributed by atoms with Gasteiger partial charge < -0.3 is 19.7 Å². The Hall–Kier alpha value is -3.76. The zero-order valence-corrected chi connectivity index (χ0v) is 23.1. The van der Waals surface area contributed by atoms with Crippen LogP contribution in [0.4, 0.5) is 11.4 Å². The lowest BCUT2D eigenvalue weighted by Crippen LogP contribution is -2.39. The average Bonchev–Trinajstić information content (AvgIpc) is 3.42. The lowest BCUT2D eigenvalue weighted by molar-refractivity contribution is -0.124. The maximum Gasteiger partial charge on any atom is 0.338 e. The van der Waals surface area contributed by atoms with Crippen molar-refractivity contribution in [2.45, 2.75) is 32.7 Å². The van der Waals surface area contributed by atoms with Crippen LogP contribution in [0.3, 0.4) is 0 Å². The van der Waals surface area contributed by atoms with Crippen molar-refractivity contribution in [2.24, 2.45) is 0 Å². The maximum absolute atomic E-state index is 13.6. The van der Waals surface area contributed by atoms with E-state index in [1.165, 1.54) is 15.3 Å². The molecule has 1 saturated heterocycles. The van der Waals surface area contributed by atoms with E-state index in [1.54, 1.807) is 73.9 Å². The molecule has 1 aromatic heterocycles. The van der Waals surface area contributed by atoms with Crippen molar-refractivity contribution >= 4 is 57.8 Å². The fourth-order valence-electron chi connectivity index (χ4n) is 4.23. The van der Waals surface area contributed by atoms with Gasteiger partial charge in [-0.25, -0.2) is 4.79 Å². The Morgan fingerprint density at radius 2 is 1.79 bits per heavy atom. The normalized spacial score (nSPS) is 15.1. The monoisotopic (exact) mass is 551 g/mol. The van der Waals surface area contributed by atoms with Crippen LogP contribution in [0.5, 0.6) is 5.75 Å². The van der Waals surface area contributed by atoms with Crippen LogP contribution in [0.1, 0.15) is 34.1 Å². The molecule has 38 heavy (non-hydrogen) atoms. The Morgan fingerprint density at radius 1 is 1.08 bits per heavy atom. The average molecular weight is 552 g/mol. The third-order valence-corrected chi connectivity index (χ3v) is 7.76. The minimum Gasteiger partial charge on any atom is -0.497 e. The van der Waals surface area contributed by atoms with Gasteiger partial charge in [-0.3, -0.25) is 14.5 Å². The highest BCUT2D eigenvalue weighted by atomic mass is 32.1. The van der Waals surface area contributed by atoms with E-state index >= 15 is 0 Å². The molecule has 0 saturated carbocycles. The maximum atomic E-state index is 13.6. The number of benzene rings is 2. The molecule has 1 atom stereocenters. The summed E-state index contributed by atoms with van der Waals surface area (Å²) in [6, 6.07) is 14.8. The molecule has 0 radical (unpaired) electrons. The number of nitrogens with zero attached hydrogens (tertiary/aromatic N) is 2. The number of amides is 2. The molecule has 2 amide bonds. The molecular weight excluding hydrogens is 522 g/mol. The summed E-state index contributed by atoms with van der Waals surface area (Å²) in [6.45, 7) is 4.58. The number of thiophene rings is 1. The summed E-state index contributed by atoms with van der Waals surface area (Å²) in [5.41, 5.74) is 2.73. The molecule has 10 heteroatoms. The predicted octanol–water partition coefficient (Wildman–Crippen LogP) is 4.82. The SMILES string of the molecule is CCOC(=O)c1ccc(NC(=O)CC2C(=O)N(c3ccc(OC)cc3)C(=S)N2CCc2sccc2C)cc1. The molecule has 1 N–H and O–H groups in total. The molecule has 3 aromatic rings. The number of nitrogens with one attached hydrogen (secondary N) is 1. The van der Waals surface area contributed by atoms with Crippen molar-refractivity contribution < 1.29 is 23.9 Å². The van der Waals surface area contributed by atoms with Crippen molar-refractivity contribution in [2.75, 3.05) is 30.5 Å². The minimum atomic E-state index is -0.747. The van der Waals surface area contributed by atoms with Crippen LogP contribution in [-0.4, -0.2) is 54.1 Å². The number of aryl methyl sites for hydroxylation is 1. The highest BCUT2D eigenvalue weighted by Gasteiger charge is 2.44. The van der Waals surface area contributed by atoms with Gasteiger partial charge in [0.15, 0.2) is 5.11 Å². The molecule has 0 bridgehead atoms. The minimum absolute atomic E-state index is 0.0747. The highest BCUT2D eigenvalue weighted by Crippen LogP contribution is 2.29. The van der Waals surface area contributed by atoms with Crippen molar-refractivity contribution in [1.29, 1.82) is 0 Å². The Labute approximate surface area is 231 Å². The van der Waals surface area contributed by atoms with E-state index in [0.29, 0.717) is 40.8 Å². The molecule has 1 aliphatic heterocycles. The Bertz CT molecular complexity index is 1320. The van der Waals surface area contributed by atoms with Crippen LogP contribution < -0.4 is 15.0 Å². The van der Waals surface area contributed by atoms with E-state index in [0.717, 1.165) is 0 Å². The predicted molar refractivity (Wildman–Crippen MR) is 152 cm³/mol. The second kappa shape index (κ2) is 12.2. The van der Waals surface area contributed by atoms with Crippen molar-refractivity contribution in [3.05, 3.63) is 76.0 Å². The first-order valence-corrected chi connectivity index (χ1v) is 13.5. The number of rotatable bonds is 10. The summed E-state index contributed by atoms with van der Waals surface area (Å²) in [4.78, 5) is 43.1. The van der Waals surface area contributed by atoms with E-state index in [2.05, 4.69) is 18.3 Å². The number of ether oxygens (including phenoxy) is 2. The number of methoxy groups -OCH3 is 1. The summed E-state index contributed by atoms with van der Waals surface area (Å²) in [5, 5.41) is 5.23. The van der Waals surface area contributed by atoms with Crippen molar-refractivity contribution in [3.63, 3.8) is 0 Å². The number of esters is 1. The third kappa shape index (κ3) is 6.03. The van der Waals surface area contributed by atoms with Gasteiger partial charge in [0, 0.05) is 17.1 Å². The van der Waals surface area contributed by atoms with Crippen molar-refractivity contribution in [1.82, 2.24) is 4.90 Å². The van der Waals surface area contributed by atoms with Gasteiger partial charge in [0.25, 0.3) is 5.91 Å². The molecule has 8 nitrogen and oxygen atoms in total. The fraction of sp³-hybridized carbons (Fsp3) is 0.286. The molecule has 198 valence electrons. The lowest BCUT2D eigenvalue weighted by Gasteiger charge is -2.24. The first kappa shape index (κ1) is 27.3. The quantitative estimate of drug-likeness (QED) is 0.286. The molecule has 0 aliphatic carbocycles. The van der Waals surface area contributed by atoms with Gasteiger partial charge >= 0.3 is 5.97 Å². The summed E-state index contributed by atoms with van der Waals surface area (Å²) in [6.07, 6.45) is 0.634. The summed E-state index contributed by atoms with van der Waals surface area (Å²) >= 11 is 7.42. The van der Waals surface area contributed by atoms with Crippen LogP contribution in [-0.2, 0) is 20.7 Å². The molecule has 1 aliphatic rings. The van der Waals surface area contributed by atoms with E-state index < -0.39 is 12.0 Å². The molecule has 0 spiro atoms. The number of carbonyl (C=O) groups is 3. The topological polar surface area (TPSA) is 88.2 Å². The zero-order chi connectivity index (χ0) is 27.2. The van der Waals surface area contributed by atoms with Gasteiger partial charge in [-0.1, -0.05) is 0 Å². The Morgan fingerprint density at radius 3 is 2.39 bits per heavy atom. The highest BCUT2D eigenvalue weighted by molar-refractivity contribution is 7.80. The fourth-order valence-corrected chi connectivity index (χ4v) is 5.54. The molecule has 2 heterocycles. The van der Waals surface area contributed by atoms with E-state index in [4.69, 9.17) is 21.7 Å². The number of anilines is 2. The largest absolute Gasteiger partial charge is 0.497 e. The molecule has 1 unspecified atom stereocenters. The standard InChI is InChI=1S/C28H29N3O5S2/c1-4-36-27(34)19-5-7-20(8-6-19)29-25(32)17-23-26(33)31(21-9-11-22(35-3)12-10-21)28(37)30(23)15-13-24-18(2)14-16-38-24/h5-12,14,16,23H,4,13,15,17H2,1-3H3,(H,29,32). The number of carbonyl (C=O) groups excluding carboxylic acids is 3. The van der Waals surface area contributed by atoms with Crippen molar-refractivity contribution in [3.8, 4) is 5.75 Å². The van der Waals surface area contributed by atoms with Gasteiger partial charge in [0.05, 0.1) is 31.4 Å². The molecule has 2 aromatic carbocycles. The van der Waals surface area contributed by atoms with E-state index in [1.807, 2.05) is 10.3 Å². The number of hydrogen-bond donors (Lipinski definition) is 1.